The second-order valence-corrected chi connectivity index (χ2v) is 14.4. The van der Waals surface area contributed by atoms with Gasteiger partial charge in [-0.1, -0.05) is 147 Å². The van der Waals surface area contributed by atoms with E-state index in [4.69, 9.17) is 15.0 Å². The summed E-state index contributed by atoms with van der Waals surface area (Å²) in [5.41, 5.74) is 14.5. The van der Waals surface area contributed by atoms with E-state index in [9.17, 15) is 0 Å². The van der Waals surface area contributed by atoms with Gasteiger partial charge in [-0.2, -0.15) is 0 Å². The van der Waals surface area contributed by atoms with Crippen molar-refractivity contribution in [1.82, 2.24) is 15.0 Å². The lowest BCUT2D eigenvalue weighted by molar-refractivity contribution is 0.362. The Morgan fingerprint density at radius 3 is 1.81 bits per heavy atom. The fourth-order valence-electron chi connectivity index (χ4n) is 9.05. The highest BCUT2D eigenvalue weighted by atomic mass is 15.0. The van der Waals surface area contributed by atoms with Gasteiger partial charge in [-0.05, 0) is 74.8 Å². The zero-order chi connectivity index (χ0) is 32.0. The standard InChI is InChI=1S/C45H35N3/c1-45(2)39-23-20-30(25-38(39)35-22-21-34-37-26-36(37)32-18-9-10-19-33(32)40(34)41(35)45)29-16-11-17-31(24-29)44-47-42(27-12-5-3-6-13-27)46-43(48-44)28-14-7-4-8-15-28/h3-25,36-37,40-41H,26H2,1-2H3. The quantitative estimate of drug-likeness (QED) is 0.198. The average molecular weight is 618 g/mol. The molecule has 0 saturated heterocycles. The summed E-state index contributed by atoms with van der Waals surface area (Å²) in [5.74, 6) is 4.37. The molecule has 230 valence electrons. The van der Waals surface area contributed by atoms with E-state index in [1.54, 1.807) is 16.7 Å². The molecule has 3 heteroatoms. The third-order valence-corrected chi connectivity index (χ3v) is 11.4. The first-order valence-corrected chi connectivity index (χ1v) is 17.2. The summed E-state index contributed by atoms with van der Waals surface area (Å²) in [6.45, 7) is 4.94. The molecule has 6 aromatic rings. The normalized spacial score (nSPS) is 22.3. The molecule has 0 aliphatic heterocycles. The van der Waals surface area contributed by atoms with Crippen LogP contribution in [0.3, 0.4) is 0 Å². The van der Waals surface area contributed by atoms with Crippen molar-refractivity contribution in [3.8, 4) is 45.3 Å². The molecule has 4 aliphatic rings. The summed E-state index contributed by atoms with van der Waals surface area (Å²) < 4.78 is 0. The Morgan fingerprint density at radius 2 is 1.10 bits per heavy atom. The molecule has 1 saturated carbocycles. The fourth-order valence-corrected chi connectivity index (χ4v) is 9.05. The van der Waals surface area contributed by atoms with Gasteiger partial charge in [0.1, 0.15) is 0 Å². The highest BCUT2D eigenvalue weighted by Gasteiger charge is 2.56. The van der Waals surface area contributed by atoms with Gasteiger partial charge >= 0.3 is 0 Å². The predicted octanol–water partition coefficient (Wildman–Crippen LogP) is 10.7. The van der Waals surface area contributed by atoms with Crippen LogP contribution in [0.5, 0.6) is 0 Å². The molecule has 0 amide bonds. The number of hydrogen-bond donors (Lipinski definition) is 0. The largest absolute Gasteiger partial charge is 0.208 e. The molecule has 1 heterocycles. The maximum atomic E-state index is 4.99. The highest BCUT2D eigenvalue weighted by molar-refractivity contribution is 5.85. The van der Waals surface area contributed by atoms with Gasteiger partial charge in [0.2, 0.25) is 0 Å². The first-order chi connectivity index (χ1) is 23.5. The van der Waals surface area contributed by atoms with E-state index in [0.29, 0.717) is 29.3 Å². The van der Waals surface area contributed by atoms with Crippen molar-refractivity contribution in [2.45, 2.75) is 37.5 Å². The predicted molar refractivity (Wildman–Crippen MR) is 194 cm³/mol. The number of hydrogen-bond acceptors (Lipinski definition) is 3. The van der Waals surface area contributed by atoms with Crippen molar-refractivity contribution in [1.29, 1.82) is 0 Å². The van der Waals surface area contributed by atoms with Crippen molar-refractivity contribution in [2.75, 3.05) is 0 Å². The minimum Gasteiger partial charge on any atom is -0.208 e. The summed E-state index contributed by atoms with van der Waals surface area (Å²) >= 11 is 0. The second kappa shape index (κ2) is 10.3. The summed E-state index contributed by atoms with van der Waals surface area (Å²) in [6, 6.07) is 45.4. The van der Waals surface area contributed by atoms with Crippen LogP contribution in [0.1, 0.15) is 54.4 Å². The zero-order valence-corrected chi connectivity index (χ0v) is 27.1. The monoisotopic (exact) mass is 617 g/mol. The van der Waals surface area contributed by atoms with E-state index < -0.39 is 0 Å². The first kappa shape index (κ1) is 27.7. The third-order valence-electron chi connectivity index (χ3n) is 11.4. The Kier molecular flexibility index (Phi) is 5.94. The molecule has 0 spiro atoms. The van der Waals surface area contributed by atoms with Gasteiger partial charge in [-0.25, -0.2) is 15.0 Å². The Hall–Kier alpha value is -5.41. The van der Waals surface area contributed by atoms with Crippen molar-refractivity contribution in [2.24, 2.45) is 11.8 Å². The maximum absolute atomic E-state index is 4.99. The molecule has 10 rings (SSSR count). The van der Waals surface area contributed by atoms with Crippen LogP contribution < -0.4 is 0 Å². The molecule has 4 aliphatic carbocycles. The Bertz CT molecular complexity index is 2260. The molecule has 4 atom stereocenters. The van der Waals surface area contributed by atoms with Crippen LogP contribution in [0, 0.1) is 11.8 Å². The Labute approximate surface area is 281 Å². The summed E-state index contributed by atoms with van der Waals surface area (Å²) in [7, 11) is 0. The lowest BCUT2D eigenvalue weighted by atomic mass is 9.61. The van der Waals surface area contributed by atoms with Crippen LogP contribution >= 0.6 is 0 Å². The number of allylic oxidation sites excluding steroid dienone is 4. The smallest absolute Gasteiger partial charge is 0.164 e. The Morgan fingerprint density at radius 1 is 0.521 bits per heavy atom. The van der Waals surface area contributed by atoms with E-state index in [0.717, 1.165) is 34.1 Å². The summed E-state index contributed by atoms with van der Waals surface area (Å²) in [4.78, 5) is 14.9. The van der Waals surface area contributed by atoms with Crippen molar-refractivity contribution < 1.29 is 0 Å². The molecule has 3 nitrogen and oxygen atoms in total. The van der Waals surface area contributed by atoms with E-state index in [2.05, 4.69) is 117 Å². The number of aromatic nitrogens is 3. The minimum absolute atomic E-state index is 0.0348. The number of benzene rings is 5. The van der Waals surface area contributed by atoms with Gasteiger partial charge < -0.3 is 0 Å². The van der Waals surface area contributed by atoms with Gasteiger partial charge in [0, 0.05) is 28.5 Å². The number of rotatable bonds is 4. The van der Waals surface area contributed by atoms with Gasteiger partial charge in [0.15, 0.2) is 17.5 Å². The zero-order valence-electron chi connectivity index (χ0n) is 27.1. The van der Waals surface area contributed by atoms with E-state index in [1.165, 1.54) is 28.7 Å². The van der Waals surface area contributed by atoms with Crippen LogP contribution in [0.25, 0.3) is 50.9 Å². The van der Waals surface area contributed by atoms with Crippen molar-refractivity contribution in [3.05, 3.63) is 167 Å². The molecular weight excluding hydrogens is 583 g/mol. The summed E-state index contributed by atoms with van der Waals surface area (Å²) in [5, 5.41) is 0. The summed E-state index contributed by atoms with van der Waals surface area (Å²) in [6.07, 6.45) is 6.27. The number of nitrogens with zero attached hydrogens (tertiary/aromatic N) is 3. The average Bonchev–Trinajstić information content (AvgIpc) is 3.93. The van der Waals surface area contributed by atoms with Crippen LogP contribution in [0.4, 0.5) is 0 Å². The van der Waals surface area contributed by atoms with E-state index in [1.807, 2.05) is 36.4 Å². The SMILES string of the molecule is CC1(C)c2ccc(-c3cccc(-c4nc(-c5ccccc5)nc(-c5ccccc5)n4)c3)cc2C2=CC=C3C4CC4c4ccccc4C3C21. The van der Waals surface area contributed by atoms with E-state index in [-0.39, 0.29) is 5.41 Å². The second-order valence-electron chi connectivity index (χ2n) is 14.4. The van der Waals surface area contributed by atoms with Crippen LogP contribution in [-0.4, -0.2) is 15.0 Å². The van der Waals surface area contributed by atoms with Crippen LogP contribution in [-0.2, 0) is 5.41 Å². The van der Waals surface area contributed by atoms with Crippen LogP contribution in [0.15, 0.2) is 145 Å². The molecule has 0 N–H and O–H groups in total. The molecule has 5 aromatic carbocycles. The van der Waals surface area contributed by atoms with Gasteiger partial charge in [-0.15, -0.1) is 0 Å². The first-order valence-electron chi connectivity index (χ1n) is 17.2. The van der Waals surface area contributed by atoms with Crippen LogP contribution in [0.2, 0.25) is 0 Å². The fraction of sp³-hybridized carbons (Fsp3) is 0.178. The molecule has 0 radical (unpaired) electrons. The molecular formula is C45H35N3. The molecule has 48 heavy (non-hydrogen) atoms. The van der Waals surface area contributed by atoms with Gasteiger partial charge in [0.05, 0.1) is 0 Å². The third kappa shape index (κ3) is 4.17. The molecule has 0 bridgehead atoms. The highest BCUT2D eigenvalue weighted by Crippen LogP contribution is 2.68. The lowest BCUT2D eigenvalue weighted by Gasteiger charge is -2.42. The lowest BCUT2D eigenvalue weighted by Crippen LogP contribution is -2.33. The van der Waals surface area contributed by atoms with Crippen molar-refractivity contribution >= 4 is 5.57 Å². The molecule has 1 aromatic heterocycles. The van der Waals surface area contributed by atoms with E-state index >= 15 is 0 Å². The molecule has 4 unspecified atom stereocenters. The maximum Gasteiger partial charge on any atom is 0.164 e. The number of fused-ring (bicyclic) bond motifs is 10. The topological polar surface area (TPSA) is 38.7 Å². The Balaban J connectivity index is 1.06. The van der Waals surface area contributed by atoms with Crippen molar-refractivity contribution in [3.63, 3.8) is 0 Å². The minimum atomic E-state index is 0.0348. The van der Waals surface area contributed by atoms with Gasteiger partial charge in [0.25, 0.3) is 0 Å². The molecule has 1 fully saturated rings. The van der Waals surface area contributed by atoms with Gasteiger partial charge in [-0.3, -0.25) is 0 Å².